The van der Waals surface area contributed by atoms with Crippen molar-refractivity contribution in [2.24, 2.45) is 0 Å². The average Bonchev–Trinajstić information content (AvgIpc) is 2.18. The molecule has 3 nitrogen and oxygen atoms in total. The highest BCUT2D eigenvalue weighted by atomic mass is 79.9. The van der Waals surface area contributed by atoms with E-state index in [0.717, 1.165) is 29.6 Å². The second-order valence-electron chi connectivity index (χ2n) is 3.51. The van der Waals surface area contributed by atoms with Gasteiger partial charge in [-0.2, -0.15) is 0 Å². The number of hydrogen-bond donors (Lipinski definition) is 1. The summed E-state index contributed by atoms with van der Waals surface area (Å²) in [6, 6.07) is 1.93. The van der Waals surface area contributed by atoms with Crippen LogP contribution in [0.5, 0.6) is 5.75 Å². The largest absolute Gasteiger partial charge is 0.489 e. The molecule has 84 valence electrons. The van der Waals surface area contributed by atoms with Crippen molar-refractivity contribution in [2.75, 3.05) is 13.6 Å². The topological polar surface area (TPSA) is 34.1 Å². The van der Waals surface area contributed by atoms with E-state index in [0.29, 0.717) is 0 Å². The molecule has 0 radical (unpaired) electrons. The van der Waals surface area contributed by atoms with Gasteiger partial charge >= 0.3 is 0 Å². The molecule has 0 aliphatic heterocycles. The van der Waals surface area contributed by atoms with Gasteiger partial charge in [-0.15, -0.1) is 0 Å². The normalized spacial score (nSPS) is 12.5. The molecule has 15 heavy (non-hydrogen) atoms. The first-order chi connectivity index (χ1) is 7.22. The Morgan fingerprint density at radius 3 is 3.00 bits per heavy atom. The molecule has 1 unspecified atom stereocenters. The molecule has 0 saturated carbocycles. The average molecular weight is 273 g/mol. The Balaban J connectivity index is 2.34. The maximum atomic E-state index is 5.72. The Kier molecular flexibility index (Phi) is 5.65. The number of nitrogens with zero attached hydrogens (tertiary/aromatic N) is 1. The quantitative estimate of drug-likeness (QED) is 0.809. The number of rotatable bonds is 6. The van der Waals surface area contributed by atoms with Crippen LogP contribution in [0, 0.1) is 0 Å². The van der Waals surface area contributed by atoms with Crippen molar-refractivity contribution in [1.29, 1.82) is 0 Å². The van der Waals surface area contributed by atoms with Crippen molar-refractivity contribution in [3.63, 3.8) is 0 Å². The van der Waals surface area contributed by atoms with Gasteiger partial charge in [0.2, 0.25) is 0 Å². The van der Waals surface area contributed by atoms with E-state index in [2.05, 4.69) is 33.2 Å². The van der Waals surface area contributed by atoms with Crippen LogP contribution in [0.25, 0.3) is 0 Å². The highest BCUT2D eigenvalue weighted by molar-refractivity contribution is 9.10. The molecular weight excluding hydrogens is 256 g/mol. The molecule has 1 aromatic rings. The Hall–Kier alpha value is -0.610. The Bertz CT molecular complexity index is 294. The molecule has 0 aliphatic carbocycles. The smallest absolute Gasteiger partial charge is 0.139 e. The molecule has 0 fully saturated rings. The van der Waals surface area contributed by atoms with Gasteiger partial charge in [-0.1, -0.05) is 0 Å². The lowest BCUT2D eigenvalue weighted by Crippen LogP contribution is -2.15. The lowest BCUT2D eigenvalue weighted by molar-refractivity contribution is 0.207. The van der Waals surface area contributed by atoms with Crippen LogP contribution in [0.2, 0.25) is 0 Å². The van der Waals surface area contributed by atoms with Gasteiger partial charge in [-0.3, -0.25) is 4.98 Å². The zero-order valence-corrected chi connectivity index (χ0v) is 10.8. The number of pyridine rings is 1. The van der Waals surface area contributed by atoms with Gasteiger partial charge in [0.1, 0.15) is 5.75 Å². The van der Waals surface area contributed by atoms with E-state index >= 15 is 0 Å². The van der Waals surface area contributed by atoms with Crippen molar-refractivity contribution in [3.8, 4) is 5.75 Å². The predicted octanol–water partition coefficient (Wildman–Crippen LogP) is 2.61. The molecule has 0 aliphatic rings. The number of halogens is 1. The molecule has 0 saturated heterocycles. The first-order valence-corrected chi connectivity index (χ1v) is 5.93. The van der Waals surface area contributed by atoms with Crippen LogP contribution < -0.4 is 10.1 Å². The molecule has 0 amide bonds. The fourth-order valence-electron chi connectivity index (χ4n) is 1.31. The summed E-state index contributed by atoms with van der Waals surface area (Å²) in [6.07, 6.45) is 5.89. The summed E-state index contributed by atoms with van der Waals surface area (Å²) in [5, 5.41) is 3.12. The van der Waals surface area contributed by atoms with E-state index < -0.39 is 0 Å². The van der Waals surface area contributed by atoms with Crippen LogP contribution in [0.4, 0.5) is 0 Å². The molecule has 1 aromatic heterocycles. The zero-order valence-electron chi connectivity index (χ0n) is 9.16. The van der Waals surface area contributed by atoms with E-state index in [9.17, 15) is 0 Å². The SMILES string of the molecule is CNCCCC(C)Oc1cncc(Br)c1. The summed E-state index contributed by atoms with van der Waals surface area (Å²) in [5.74, 6) is 0.821. The van der Waals surface area contributed by atoms with E-state index in [1.807, 2.05) is 13.1 Å². The molecule has 1 heterocycles. The third kappa shape index (κ3) is 5.14. The molecule has 4 heteroatoms. The second kappa shape index (κ2) is 6.80. The minimum atomic E-state index is 0.231. The Labute approximate surface area is 99.4 Å². The van der Waals surface area contributed by atoms with Crippen LogP contribution in [0.15, 0.2) is 22.9 Å². The maximum absolute atomic E-state index is 5.72. The summed E-state index contributed by atoms with van der Waals surface area (Å²) in [6.45, 7) is 3.11. The van der Waals surface area contributed by atoms with Gasteiger partial charge in [0.25, 0.3) is 0 Å². The maximum Gasteiger partial charge on any atom is 0.139 e. The summed E-state index contributed by atoms with van der Waals surface area (Å²) in [7, 11) is 1.96. The zero-order chi connectivity index (χ0) is 11.1. The van der Waals surface area contributed by atoms with Gasteiger partial charge in [0.05, 0.1) is 12.3 Å². The van der Waals surface area contributed by atoms with Gasteiger partial charge in [-0.25, -0.2) is 0 Å². The molecule has 1 rings (SSSR count). The number of hydrogen-bond acceptors (Lipinski definition) is 3. The van der Waals surface area contributed by atoms with Crippen LogP contribution in [0.3, 0.4) is 0 Å². The molecule has 0 bridgehead atoms. The third-order valence-electron chi connectivity index (χ3n) is 2.05. The molecule has 1 atom stereocenters. The minimum absolute atomic E-state index is 0.231. The number of ether oxygens (including phenoxy) is 1. The Morgan fingerprint density at radius 1 is 1.53 bits per heavy atom. The van der Waals surface area contributed by atoms with E-state index in [4.69, 9.17) is 4.74 Å². The van der Waals surface area contributed by atoms with Crippen LogP contribution in [0.1, 0.15) is 19.8 Å². The fourth-order valence-corrected chi connectivity index (χ4v) is 1.66. The third-order valence-corrected chi connectivity index (χ3v) is 2.49. The first kappa shape index (κ1) is 12.5. The van der Waals surface area contributed by atoms with Crippen LogP contribution in [-0.2, 0) is 0 Å². The summed E-state index contributed by atoms with van der Waals surface area (Å²) >= 11 is 3.36. The second-order valence-corrected chi connectivity index (χ2v) is 4.43. The number of nitrogens with one attached hydrogen (secondary N) is 1. The summed E-state index contributed by atoms with van der Waals surface area (Å²) in [5.41, 5.74) is 0. The summed E-state index contributed by atoms with van der Waals surface area (Å²) in [4.78, 5) is 4.05. The van der Waals surface area contributed by atoms with Gasteiger partial charge in [-0.05, 0) is 55.4 Å². The monoisotopic (exact) mass is 272 g/mol. The molecular formula is C11H17BrN2O. The van der Waals surface area contributed by atoms with Crippen molar-refractivity contribution in [1.82, 2.24) is 10.3 Å². The van der Waals surface area contributed by atoms with Crippen molar-refractivity contribution in [3.05, 3.63) is 22.9 Å². The molecule has 0 aromatic carbocycles. The lowest BCUT2D eigenvalue weighted by atomic mass is 10.2. The predicted molar refractivity (Wildman–Crippen MR) is 65.2 cm³/mol. The van der Waals surface area contributed by atoms with Crippen molar-refractivity contribution < 1.29 is 4.74 Å². The van der Waals surface area contributed by atoms with Crippen molar-refractivity contribution in [2.45, 2.75) is 25.9 Å². The first-order valence-electron chi connectivity index (χ1n) is 5.14. The standard InChI is InChI=1S/C11H17BrN2O/c1-9(4-3-5-13-2)15-11-6-10(12)7-14-8-11/h6-9,13H,3-5H2,1-2H3. The van der Waals surface area contributed by atoms with Gasteiger partial charge < -0.3 is 10.1 Å². The van der Waals surface area contributed by atoms with Gasteiger partial charge in [0.15, 0.2) is 0 Å². The highest BCUT2D eigenvalue weighted by Gasteiger charge is 2.04. The molecule has 1 N–H and O–H groups in total. The Morgan fingerprint density at radius 2 is 2.33 bits per heavy atom. The minimum Gasteiger partial charge on any atom is -0.489 e. The molecule has 0 spiro atoms. The lowest BCUT2D eigenvalue weighted by Gasteiger charge is -2.14. The van der Waals surface area contributed by atoms with E-state index in [1.54, 1.807) is 12.4 Å². The van der Waals surface area contributed by atoms with Crippen LogP contribution in [-0.4, -0.2) is 24.7 Å². The fraction of sp³-hybridized carbons (Fsp3) is 0.545. The summed E-state index contributed by atoms with van der Waals surface area (Å²) < 4.78 is 6.67. The number of aromatic nitrogens is 1. The van der Waals surface area contributed by atoms with Crippen molar-refractivity contribution >= 4 is 15.9 Å². The van der Waals surface area contributed by atoms with E-state index in [1.165, 1.54) is 0 Å². The highest BCUT2D eigenvalue weighted by Crippen LogP contribution is 2.17. The van der Waals surface area contributed by atoms with Crippen LogP contribution >= 0.6 is 15.9 Å². The van der Waals surface area contributed by atoms with E-state index in [-0.39, 0.29) is 6.10 Å². The van der Waals surface area contributed by atoms with Gasteiger partial charge in [0, 0.05) is 10.7 Å².